The van der Waals surface area contributed by atoms with E-state index in [4.69, 9.17) is 15.9 Å². The molecule has 1 atom stereocenters. The lowest BCUT2D eigenvalue weighted by Gasteiger charge is -2.20. The predicted octanol–water partition coefficient (Wildman–Crippen LogP) is 2.15. The lowest BCUT2D eigenvalue weighted by Crippen LogP contribution is -2.30. The molecular formula is C10H22N2O. The van der Waals surface area contributed by atoms with E-state index in [1.165, 1.54) is 0 Å². The minimum Gasteiger partial charge on any atom is -0.385 e. The molecule has 0 fully saturated rings. The van der Waals surface area contributed by atoms with Gasteiger partial charge in [-0.05, 0) is 18.3 Å². The Morgan fingerprint density at radius 1 is 1.46 bits per heavy atom. The predicted molar refractivity (Wildman–Crippen MR) is 56.0 cm³/mol. The zero-order valence-corrected chi connectivity index (χ0v) is 9.18. The molecule has 78 valence electrons. The zero-order chi connectivity index (χ0) is 10.5. The summed E-state index contributed by atoms with van der Waals surface area (Å²) in [7, 11) is 0. The van der Waals surface area contributed by atoms with Crippen molar-refractivity contribution in [3.8, 4) is 0 Å². The summed E-state index contributed by atoms with van der Waals surface area (Å²) in [5.74, 6) is 0.136. The maximum Gasteiger partial charge on any atom is 0.120 e. The third-order valence-corrected chi connectivity index (χ3v) is 1.89. The molecule has 0 bridgehead atoms. The Bertz CT molecular complexity index is 161. The van der Waals surface area contributed by atoms with Crippen LogP contribution < -0.4 is 5.73 Å². The Morgan fingerprint density at radius 2 is 2.00 bits per heavy atom. The molecule has 0 saturated carbocycles. The molecule has 0 aliphatic rings. The summed E-state index contributed by atoms with van der Waals surface area (Å²) in [4.78, 5) is 0. The van der Waals surface area contributed by atoms with E-state index in [0.29, 0.717) is 6.61 Å². The molecule has 0 saturated heterocycles. The van der Waals surface area contributed by atoms with Crippen molar-refractivity contribution in [2.45, 2.75) is 46.6 Å². The summed E-state index contributed by atoms with van der Waals surface area (Å²) in [5, 5.41) is 7.24. The number of amidine groups is 1. The minimum atomic E-state index is -0.192. The van der Waals surface area contributed by atoms with Crippen molar-refractivity contribution in [2.24, 2.45) is 11.1 Å². The maximum absolute atomic E-state index is 7.24. The van der Waals surface area contributed by atoms with E-state index in [-0.39, 0.29) is 17.4 Å². The minimum absolute atomic E-state index is 0.136. The second-order valence-corrected chi connectivity index (χ2v) is 4.53. The van der Waals surface area contributed by atoms with Crippen molar-refractivity contribution < 1.29 is 4.74 Å². The molecule has 3 nitrogen and oxygen atoms in total. The Morgan fingerprint density at radius 3 is 2.31 bits per heavy atom. The van der Waals surface area contributed by atoms with Crippen LogP contribution in [0.3, 0.4) is 0 Å². The summed E-state index contributed by atoms with van der Waals surface area (Å²) in [6.07, 6.45) is 1.58. The van der Waals surface area contributed by atoms with E-state index in [1.807, 2.05) is 6.92 Å². The van der Waals surface area contributed by atoms with Gasteiger partial charge in [0.05, 0.1) is 0 Å². The SMILES string of the molecule is CCC(OCCC(C)(C)C)C(=N)N. The highest BCUT2D eigenvalue weighted by molar-refractivity contribution is 5.81. The molecule has 0 radical (unpaired) electrons. The molecule has 0 rings (SSSR count). The summed E-state index contributed by atoms with van der Waals surface area (Å²) in [6, 6.07) is 0. The highest BCUT2D eigenvalue weighted by Crippen LogP contribution is 2.18. The summed E-state index contributed by atoms with van der Waals surface area (Å²) >= 11 is 0. The molecule has 0 spiro atoms. The van der Waals surface area contributed by atoms with E-state index in [0.717, 1.165) is 12.8 Å². The molecule has 0 aliphatic carbocycles. The van der Waals surface area contributed by atoms with Crippen LogP contribution in [0.4, 0.5) is 0 Å². The lowest BCUT2D eigenvalue weighted by molar-refractivity contribution is 0.0738. The maximum atomic E-state index is 7.24. The van der Waals surface area contributed by atoms with E-state index in [2.05, 4.69) is 20.8 Å². The van der Waals surface area contributed by atoms with Crippen LogP contribution in [0.5, 0.6) is 0 Å². The molecule has 0 aromatic rings. The molecule has 1 unspecified atom stereocenters. The van der Waals surface area contributed by atoms with Crippen molar-refractivity contribution in [1.29, 1.82) is 5.41 Å². The zero-order valence-electron chi connectivity index (χ0n) is 9.18. The number of ether oxygens (including phenoxy) is 1. The van der Waals surface area contributed by atoms with Gasteiger partial charge in [-0.2, -0.15) is 0 Å². The number of rotatable bonds is 5. The smallest absolute Gasteiger partial charge is 0.120 e. The largest absolute Gasteiger partial charge is 0.385 e. The van der Waals surface area contributed by atoms with Gasteiger partial charge in [0.1, 0.15) is 11.9 Å². The van der Waals surface area contributed by atoms with Gasteiger partial charge >= 0.3 is 0 Å². The van der Waals surface area contributed by atoms with Crippen LogP contribution in [0.2, 0.25) is 0 Å². The van der Waals surface area contributed by atoms with Gasteiger partial charge < -0.3 is 10.5 Å². The van der Waals surface area contributed by atoms with Crippen LogP contribution in [0.25, 0.3) is 0 Å². The van der Waals surface area contributed by atoms with Crippen molar-refractivity contribution in [3.05, 3.63) is 0 Å². The molecule has 0 aliphatic heterocycles. The Kier molecular flexibility index (Phi) is 4.99. The molecule has 3 N–H and O–H groups in total. The fourth-order valence-electron chi connectivity index (χ4n) is 0.935. The van der Waals surface area contributed by atoms with E-state index in [9.17, 15) is 0 Å². The standard InChI is InChI=1S/C10H22N2O/c1-5-8(9(11)12)13-7-6-10(2,3)4/h8H,5-7H2,1-4H3,(H3,11,12). The number of nitrogens with two attached hydrogens (primary N) is 1. The fraction of sp³-hybridized carbons (Fsp3) is 0.900. The number of nitrogens with one attached hydrogen (secondary N) is 1. The van der Waals surface area contributed by atoms with Gasteiger partial charge in [-0.1, -0.05) is 27.7 Å². The van der Waals surface area contributed by atoms with Crippen LogP contribution in [-0.2, 0) is 4.74 Å². The van der Waals surface area contributed by atoms with Crippen molar-refractivity contribution in [2.75, 3.05) is 6.61 Å². The molecule has 0 heterocycles. The van der Waals surface area contributed by atoms with Gasteiger partial charge in [0.15, 0.2) is 0 Å². The van der Waals surface area contributed by atoms with Crippen molar-refractivity contribution in [3.63, 3.8) is 0 Å². The third-order valence-electron chi connectivity index (χ3n) is 1.89. The Labute approximate surface area is 81.2 Å². The first-order valence-corrected chi connectivity index (χ1v) is 4.82. The first-order valence-electron chi connectivity index (χ1n) is 4.82. The molecular weight excluding hydrogens is 164 g/mol. The number of hydrogen-bond donors (Lipinski definition) is 2. The molecule has 3 heteroatoms. The fourth-order valence-corrected chi connectivity index (χ4v) is 0.935. The first kappa shape index (κ1) is 12.4. The molecule has 13 heavy (non-hydrogen) atoms. The van der Waals surface area contributed by atoms with Crippen molar-refractivity contribution >= 4 is 5.84 Å². The number of hydrogen-bond acceptors (Lipinski definition) is 2. The van der Waals surface area contributed by atoms with Crippen LogP contribution in [0, 0.1) is 10.8 Å². The van der Waals surface area contributed by atoms with Gasteiger partial charge in [-0.3, -0.25) is 5.41 Å². The monoisotopic (exact) mass is 186 g/mol. The second kappa shape index (κ2) is 5.22. The van der Waals surface area contributed by atoms with E-state index >= 15 is 0 Å². The first-order chi connectivity index (χ1) is 5.87. The molecule has 0 aromatic heterocycles. The summed E-state index contributed by atoms with van der Waals surface area (Å²) in [5.41, 5.74) is 5.64. The lowest BCUT2D eigenvalue weighted by atomic mass is 9.93. The Balaban J connectivity index is 3.68. The highest BCUT2D eigenvalue weighted by atomic mass is 16.5. The van der Waals surface area contributed by atoms with E-state index in [1.54, 1.807) is 0 Å². The normalized spacial score (nSPS) is 14.2. The molecule has 0 amide bonds. The van der Waals surface area contributed by atoms with Gasteiger partial charge in [-0.25, -0.2) is 0 Å². The van der Waals surface area contributed by atoms with Crippen LogP contribution >= 0.6 is 0 Å². The van der Waals surface area contributed by atoms with Crippen LogP contribution in [-0.4, -0.2) is 18.5 Å². The van der Waals surface area contributed by atoms with Crippen LogP contribution in [0.1, 0.15) is 40.5 Å². The third kappa shape index (κ3) is 6.58. The average molecular weight is 186 g/mol. The highest BCUT2D eigenvalue weighted by Gasteiger charge is 2.13. The van der Waals surface area contributed by atoms with Gasteiger partial charge in [-0.15, -0.1) is 0 Å². The summed E-state index contributed by atoms with van der Waals surface area (Å²) < 4.78 is 5.48. The summed E-state index contributed by atoms with van der Waals surface area (Å²) in [6.45, 7) is 9.17. The average Bonchev–Trinajstić information content (AvgIpc) is 1.95. The van der Waals surface area contributed by atoms with Crippen LogP contribution in [0.15, 0.2) is 0 Å². The van der Waals surface area contributed by atoms with Gasteiger partial charge in [0.25, 0.3) is 0 Å². The topological polar surface area (TPSA) is 59.1 Å². The van der Waals surface area contributed by atoms with Crippen molar-refractivity contribution in [1.82, 2.24) is 0 Å². The van der Waals surface area contributed by atoms with E-state index < -0.39 is 0 Å². The second-order valence-electron chi connectivity index (χ2n) is 4.53. The quantitative estimate of drug-likeness (QED) is 0.510. The molecule has 0 aromatic carbocycles. The van der Waals surface area contributed by atoms with Gasteiger partial charge in [0, 0.05) is 6.61 Å². The van der Waals surface area contributed by atoms with Gasteiger partial charge in [0.2, 0.25) is 0 Å². The Hall–Kier alpha value is -0.570.